The lowest BCUT2D eigenvalue weighted by atomic mass is 10.1. The summed E-state index contributed by atoms with van der Waals surface area (Å²) in [7, 11) is 0. The number of amides is 1. The summed E-state index contributed by atoms with van der Waals surface area (Å²) in [5, 5.41) is 9.26. The molecule has 0 aromatic heterocycles. The molecule has 0 saturated heterocycles. The van der Waals surface area contributed by atoms with E-state index < -0.39 is 41.4 Å². The highest BCUT2D eigenvalue weighted by atomic mass is 19.1. The van der Waals surface area contributed by atoms with Gasteiger partial charge in [-0.2, -0.15) is 0 Å². The number of carbonyl (C=O) groups excluding carboxylic acids is 1. The van der Waals surface area contributed by atoms with E-state index in [-0.39, 0.29) is 25.4 Å². The van der Waals surface area contributed by atoms with Crippen LogP contribution in [-0.4, -0.2) is 35.3 Å². The Morgan fingerprint density at radius 2 is 1.70 bits per heavy atom. The van der Waals surface area contributed by atoms with Crippen LogP contribution in [0.1, 0.15) is 21.5 Å². The second-order valence-electron chi connectivity index (χ2n) is 7.24. The number of ether oxygens (including phenoxy) is 3. The molecule has 33 heavy (non-hydrogen) atoms. The number of carboxylic acid groups (broad SMARTS) is 1. The predicted octanol–water partition coefficient (Wildman–Crippen LogP) is 4.00. The molecular weight excluding hydrogens is 436 g/mol. The molecule has 0 spiro atoms. The Bertz CT molecular complexity index is 1200. The smallest absolute Gasteiger partial charge is 0.339 e. The van der Waals surface area contributed by atoms with E-state index in [1.165, 1.54) is 29.2 Å². The van der Waals surface area contributed by atoms with Crippen molar-refractivity contribution in [2.24, 2.45) is 0 Å². The van der Waals surface area contributed by atoms with Gasteiger partial charge in [-0.05, 0) is 35.9 Å². The molecule has 0 fully saturated rings. The Balaban J connectivity index is 1.56. The maximum Gasteiger partial charge on any atom is 0.339 e. The number of fused-ring (bicyclic) bond motifs is 1. The first-order valence-corrected chi connectivity index (χ1v) is 9.96. The van der Waals surface area contributed by atoms with Gasteiger partial charge in [0.25, 0.3) is 5.91 Å². The van der Waals surface area contributed by atoms with E-state index in [9.17, 15) is 23.5 Å². The summed E-state index contributed by atoms with van der Waals surface area (Å²) in [5.41, 5.74) is 0.573. The van der Waals surface area contributed by atoms with Crippen LogP contribution in [0.4, 0.5) is 8.78 Å². The van der Waals surface area contributed by atoms with Gasteiger partial charge in [-0.1, -0.05) is 30.3 Å². The Morgan fingerprint density at radius 1 is 0.939 bits per heavy atom. The molecular formula is C24H19F2NO6. The van der Waals surface area contributed by atoms with Crippen molar-refractivity contribution in [1.82, 2.24) is 4.90 Å². The van der Waals surface area contributed by atoms with Gasteiger partial charge in [0.2, 0.25) is 6.79 Å². The molecule has 170 valence electrons. The van der Waals surface area contributed by atoms with Gasteiger partial charge in [-0.3, -0.25) is 4.79 Å². The van der Waals surface area contributed by atoms with Crippen LogP contribution in [0.15, 0.2) is 60.7 Å². The molecule has 1 aliphatic heterocycles. The molecule has 3 aromatic rings. The van der Waals surface area contributed by atoms with Crippen molar-refractivity contribution in [3.63, 3.8) is 0 Å². The third-order valence-corrected chi connectivity index (χ3v) is 5.02. The third-order valence-electron chi connectivity index (χ3n) is 5.02. The molecule has 3 aromatic carbocycles. The fraction of sp³-hybridized carbons (Fsp3) is 0.167. The highest BCUT2D eigenvalue weighted by Gasteiger charge is 2.22. The van der Waals surface area contributed by atoms with Crippen molar-refractivity contribution in [3.8, 4) is 17.2 Å². The molecule has 1 heterocycles. The minimum atomic E-state index is -1.39. The zero-order chi connectivity index (χ0) is 23.4. The number of benzene rings is 3. The Hall–Kier alpha value is -4.14. The fourth-order valence-electron chi connectivity index (χ4n) is 3.37. The molecule has 4 rings (SSSR count). The zero-order valence-electron chi connectivity index (χ0n) is 17.3. The maximum atomic E-state index is 14.3. The summed E-state index contributed by atoms with van der Waals surface area (Å²) in [6.07, 6.45) is 0. The van der Waals surface area contributed by atoms with Crippen LogP contribution in [0.3, 0.4) is 0 Å². The van der Waals surface area contributed by atoms with Gasteiger partial charge in [0, 0.05) is 18.7 Å². The average molecular weight is 455 g/mol. The molecule has 1 N–H and O–H groups in total. The second-order valence-corrected chi connectivity index (χ2v) is 7.24. The minimum Gasteiger partial charge on any atom is -0.480 e. The third kappa shape index (κ3) is 5.03. The Morgan fingerprint density at radius 3 is 2.48 bits per heavy atom. The van der Waals surface area contributed by atoms with Gasteiger partial charge in [0.05, 0.1) is 0 Å². The molecule has 0 bridgehead atoms. The van der Waals surface area contributed by atoms with Crippen molar-refractivity contribution in [3.05, 3.63) is 89.0 Å². The SMILES string of the molecule is O=C(O)c1cccc(F)c1OCC(=O)N(Cc1ccc2c(c1)OCO2)Cc1ccccc1F. The van der Waals surface area contributed by atoms with E-state index in [2.05, 4.69) is 0 Å². The molecule has 0 saturated carbocycles. The summed E-state index contributed by atoms with van der Waals surface area (Å²) < 4.78 is 44.3. The normalized spacial score (nSPS) is 11.8. The first kappa shape index (κ1) is 22.1. The second kappa shape index (κ2) is 9.56. The number of carboxylic acids is 1. The van der Waals surface area contributed by atoms with Gasteiger partial charge in [-0.25, -0.2) is 13.6 Å². The summed E-state index contributed by atoms with van der Waals surface area (Å²) in [4.78, 5) is 25.7. The quantitative estimate of drug-likeness (QED) is 0.553. The predicted molar refractivity (Wildman–Crippen MR) is 112 cm³/mol. The largest absolute Gasteiger partial charge is 0.480 e. The van der Waals surface area contributed by atoms with E-state index in [0.29, 0.717) is 17.1 Å². The average Bonchev–Trinajstić information content (AvgIpc) is 3.26. The van der Waals surface area contributed by atoms with Crippen LogP contribution in [-0.2, 0) is 17.9 Å². The standard InChI is InChI=1S/C24H19F2NO6/c25-18-6-2-1-4-16(18)12-27(11-15-8-9-20-21(10-15)33-14-32-20)22(28)13-31-23-17(24(29)30)5-3-7-19(23)26/h1-10H,11-14H2,(H,29,30). The van der Waals surface area contributed by atoms with E-state index in [1.807, 2.05) is 0 Å². The first-order chi connectivity index (χ1) is 15.9. The van der Waals surface area contributed by atoms with Crippen molar-refractivity contribution >= 4 is 11.9 Å². The molecule has 1 amide bonds. The summed E-state index contributed by atoms with van der Waals surface area (Å²) in [6, 6.07) is 14.6. The highest BCUT2D eigenvalue weighted by Crippen LogP contribution is 2.33. The monoisotopic (exact) mass is 455 g/mol. The number of rotatable bonds is 8. The van der Waals surface area contributed by atoms with Crippen molar-refractivity contribution in [2.45, 2.75) is 13.1 Å². The van der Waals surface area contributed by atoms with Gasteiger partial charge >= 0.3 is 5.97 Å². The summed E-state index contributed by atoms with van der Waals surface area (Å²) >= 11 is 0. The van der Waals surface area contributed by atoms with E-state index in [4.69, 9.17) is 14.2 Å². The lowest BCUT2D eigenvalue weighted by molar-refractivity contribution is -0.134. The van der Waals surface area contributed by atoms with Crippen LogP contribution < -0.4 is 14.2 Å². The van der Waals surface area contributed by atoms with Crippen LogP contribution in [0.5, 0.6) is 17.2 Å². The van der Waals surface area contributed by atoms with Gasteiger partial charge in [0.15, 0.2) is 29.7 Å². The summed E-state index contributed by atoms with van der Waals surface area (Å²) in [5.74, 6) is -2.79. The number of halogens is 2. The first-order valence-electron chi connectivity index (χ1n) is 9.96. The number of aromatic carboxylic acids is 1. The van der Waals surface area contributed by atoms with Crippen LogP contribution in [0.2, 0.25) is 0 Å². The molecule has 0 unspecified atom stereocenters. The molecule has 9 heteroatoms. The van der Waals surface area contributed by atoms with Crippen LogP contribution in [0, 0.1) is 11.6 Å². The number of para-hydroxylation sites is 1. The number of hydrogen-bond acceptors (Lipinski definition) is 5. The van der Waals surface area contributed by atoms with Gasteiger partial charge in [0.1, 0.15) is 11.4 Å². The molecule has 0 aliphatic carbocycles. The van der Waals surface area contributed by atoms with E-state index in [0.717, 1.165) is 6.07 Å². The van der Waals surface area contributed by atoms with E-state index in [1.54, 1.807) is 30.3 Å². The lowest BCUT2D eigenvalue weighted by Crippen LogP contribution is -2.34. The van der Waals surface area contributed by atoms with Crippen LogP contribution >= 0.6 is 0 Å². The maximum absolute atomic E-state index is 14.3. The Labute approximate surface area is 187 Å². The highest BCUT2D eigenvalue weighted by molar-refractivity contribution is 5.91. The zero-order valence-corrected chi connectivity index (χ0v) is 17.3. The molecule has 1 aliphatic rings. The van der Waals surface area contributed by atoms with Crippen molar-refractivity contribution < 1.29 is 37.7 Å². The minimum absolute atomic E-state index is 0.0770. The Kier molecular flexibility index (Phi) is 6.39. The number of carbonyl (C=O) groups is 2. The molecule has 0 radical (unpaired) electrons. The lowest BCUT2D eigenvalue weighted by Gasteiger charge is -2.24. The van der Waals surface area contributed by atoms with Crippen LogP contribution in [0.25, 0.3) is 0 Å². The topological polar surface area (TPSA) is 85.3 Å². The van der Waals surface area contributed by atoms with Crippen molar-refractivity contribution in [2.75, 3.05) is 13.4 Å². The molecule has 7 nitrogen and oxygen atoms in total. The van der Waals surface area contributed by atoms with Gasteiger partial charge < -0.3 is 24.2 Å². The summed E-state index contributed by atoms with van der Waals surface area (Å²) in [6.45, 7) is -0.540. The van der Waals surface area contributed by atoms with Crippen molar-refractivity contribution in [1.29, 1.82) is 0 Å². The van der Waals surface area contributed by atoms with Gasteiger partial charge in [-0.15, -0.1) is 0 Å². The molecule has 0 atom stereocenters. The fourth-order valence-corrected chi connectivity index (χ4v) is 3.37. The number of nitrogens with zero attached hydrogens (tertiary/aromatic N) is 1. The number of hydrogen-bond donors (Lipinski definition) is 1. The van der Waals surface area contributed by atoms with E-state index >= 15 is 0 Å².